The Bertz CT molecular complexity index is 764. The molecule has 2 aromatic rings. The molecular formula is C20H27N3O2S. The number of para-hydroxylation sites is 2. The van der Waals surface area contributed by atoms with Gasteiger partial charge < -0.3 is 14.8 Å². The van der Waals surface area contributed by atoms with Crippen LogP contribution in [0.15, 0.2) is 35.5 Å². The number of hydrogen-bond donors (Lipinski definition) is 1. The normalized spacial score (nSPS) is 16.1. The summed E-state index contributed by atoms with van der Waals surface area (Å²) < 4.78 is 5.48. The zero-order chi connectivity index (χ0) is 18.5. The summed E-state index contributed by atoms with van der Waals surface area (Å²) in [6.45, 7) is 9.03. The van der Waals surface area contributed by atoms with Crippen LogP contribution in [-0.4, -0.2) is 55.7 Å². The highest BCUT2D eigenvalue weighted by Gasteiger charge is 2.20. The first-order valence-electron chi connectivity index (χ1n) is 9.01. The molecule has 1 saturated heterocycles. The summed E-state index contributed by atoms with van der Waals surface area (Å²) in [5, 5.41) is 13.0. The van der Waals surface area contributed by atoms with Gasteiger partial charge in [-0.1, -0.05) is 17.3 Å². The van der Waals surface area contributed by atoms with E-state index in [-0.39, 0.29) is 0 Å². The summed E-state index contributed by atoms with van der Waals surface area (Å²) in [5.74, 6) is 0.930. The zero-order valence-corrected chi connectivity index (χ0v) is 16.6. The molecule has 0 amide bonds. The molecule has 0 saturated carbocycles. The van der Waals surface area contributed by atoms with Gasteiger partial charge in [0, 0.05) is 54.5 Å². The van der Waals surface area contributed by atoms with Gasteiger partial charge in [0.2, 0.25) is 0 Å². The van der Waals surface area contributed by atoms with Crippen molar-refractivity contribution in [2.75, 3.05) is 44.7 Å². The highest BCUT2D eigenvalue weighted by Crippen LogP contribution is 2.28. The van der Waals surface area contributed by atoms with Crippen LogP contribution in [0.25, 0.3) is 0 Å². The van der Waals surface area contributed by atoms with Gasteiger partial charge in [-0.05, 0) is 32.0 Å². The average molecular weight is 374 g/mol. The predicted octanol–water partition coefficient (Wildman–Crippen LogP) is 3.76. The van der Waals surface area contributed by atoms with E-state index < -0.39 is 0 Å². The lowest BCUT2D eigenvalue weighted by Gasteiger charge is -2.36. The van der Waals surface area contributed by atoms with Crippen molar-refractivity contribution in [3.05, 3.63) is 45.6 Å². The fourth-order valence-electron chi connectivity index (χ4n) is 3.52. The van der Waals surface area contributed by atoms with Crippen LogP contribution >= 0.6 is 11.3 Å². The predicted molar refractivity (Wildman–Crippen MR) is 108 cm³/mol. The molecule has 2 heterocycles. The molecule has 140 valence electrons. The molecule has 0 atom stereocenters. The van der Waals surface area contributed by atoms with Crippen LogP contribution < -0.4 is 9.64 Å². The Balaban J connectivity index is 1.55. The molecule has 5 nitrogen and oxygen atoms in total. The van der Waals surface area contributed by atoms with E-state index >= 15 is 0 Å². The molecule has 1 N–H and O–H groups in total. The molecule has 3 rings (SSSR count). The molecular weight excluding hydrogens is 346 g/mol. The van der Waals surface area contributed by atoms with Crippen molar-refractivity contribution in [1.29, 1.82) is 0 Å². The van der Waals surface area contributed by atoms with E-state index in [0.29, 0.717) is 0 Å². The van der Waals surface area contributed by atoms with Crippen molar-refractivity contribution in [2.24, 2.45) is 5.16 Å². The molecule has 1 aromatic heterocycles. The van der Waals surface area contributed by atoms with Crippen molar-refractivity contribution >= 4 is 22.7 Å². The maximum Gasteiger partial charge on any atom is 0.142 e. The van der Waals surface area contributed by atoms with Gasteiger partial charge in [-0.15, -0.1) is 11.3 Å². The molecule has 1 aromatic carbocycles. The number of rotatable bonds is 6. The summed E-state index contributed by atoms with van der Waals surface area (Å²) in [6, 6.07) is 10.3. The Morgan fingerprint density at radius 3 is 2.54 bits per heavy atom. The number of nitrogens with zero attached hydrogens (tertiary/aromatic N) is 3. The number of benzene rings is 1. The smallest absolute Gasteiger partial charge is 0.142 e. The Morgan fingerprint density at radius 1 is 1.19 bits per heavy atom. The number of thiophene rings is 1. The Hall–Kier alpha value is -2.05. The standard InChI is InChI=1S/C20H27N3O2S/c1-15-14-17(16(2)26-15)18(21-24)8-9-22-10-12-23(13-11-22)19-6-4-5-7-20(19)25-3/h4-7,14,24H,8-13H2,1-3H3/b21-18-. The summed E-state index contributed by atoms with van der Waals surface area (Å²) >= 11 is 1.75. The van der Waals surface area contributed by atoms with E-state index in [4.69, 9.17) is 4.74 Å². The second-order valence-corrected chi connectivity index (χ2v) is 8.08. The van der Waals surface area contributed by atoms with Gasteiger partial charge in [0.05, 0.1) is 18.5 Å². The van der Waals surface area contributed by atoms with Gasteiger partial charge in [0.25, 0.3) is 0 Å². The van der Waals surface area contributed by atoms with E-state index in [2.05, 4.69) is 47.0 Å². The highest BCUT2D eigenvalue weighted by atomic mass is 32.1. The van der Waals surface area contributed by atoms with Gasteiger partial charge in [-0.3, -0.25) is 4.90 Å². The summed E-state index contributed by atoms with van der Waals surface area (Å²) in [4.78, 5) is 7.29. The quantitative estimate of drug-likeness (QED) is 0.476. The van der Waals surface area contributed by atoms with E-state index in [1.165, 1.54) is 9.75 Å². The summed E-state index contributed by atoms with van der Waals surface area (Å²) in [7, 11) is 1.72. The molecule has 0 radical (unpaired) electrons. The molecule has 1 aliphatic rings. The van der Waals surface area contributed by atoms with E-state index in [1.54, 1.807) is 18.4 Å². The monoisotopic (exact) mass is 373 g/mol. The van der Waals surface area contributed by atoms with E-state index in [0.717, 1.165) is 61.9 Å². The zero-order valence-electron chi connectivity index (χ0n) is 15.7. The first-order chi connectivity index (χ1) is 12.6. The number of piperazine rings is 1. The van der Waals surface area contributed by atoms with Crippen molar-refractivity contribution < 1.29 is 9.94 Å². The van der Waals surface area contributed by atoms with E-state index in [1.807, 2.05) is 12.1 Å². The largest absolute Gasteiger partial charge is 0.495 e. The molecule has 0 bridgehead atoms. The molecule has 0 unspecified atom stereocenters. The SMILES string of the molecule is COc1ccccc1N1CCN(CC/C(=N/O)c2cc(C)sc2C)CC1. The first kappa shape index (κ1) is 18.7. The average Bonchev–Trinajstić information content (AvgIpc) is 3.01. The second kappa shape index (κ2) is 8.56. The van der Waals surface area contributed by atoms with Gasteiger partial charge in [-0.2, -0.15) is 0 Å². The Kier molecular flexibility index (Phi) is 6.16. The van der Waals surface area contributed by atoms with Crippen molar-refractivity contribution in [3.63, 3.8) is 0 Å². The summed E-state index contributed by atoms with van der Waals surface area (Å²) in [6.07, 6.45) is 0.766. The Morgan fingerprint density at radius 2 is 1.92 bits per heavy atom. The van der Waals surface area contributed by atoms with Crippen LogP contribution in [0.4, 0.5) is 5.69 Å². The van der Waals surface area contributed by atoms with Crippen molar-refractivity contribution in [3.8, 4) is 5.75 Å². The fourth-order valence-corrected chi connectivity index (χ4v) is 4.47. The van der Waals surface area contributed by atoms with Gasteiger partial charge in [0.1, 0.15) is 5.75 Å². The maximum absolute atomic E-state index is 9.44. The van der Waals surface area contributed by atoms with Crippen molar-refractivity contribution in [1.82, 2.24) is 4.90 Å². The molecule has 1 fully saturated rings. The van der Waals surface area contributed by atoms with Crippen LogP contribution in [0.5, 0.6) is 5.75 Å². The molecule has 1 aliphatic heterocycles. The molecule has 0 aliphatic carbocycles. The van der Waals surface area contributed by atoms with E-state index in [9.17, 15) is 5.21 Å². The number of methoxy groups -OCH3 is 1. The third-order valence-corrected chi connectivity index (χ3v) is 5.90. The topological polar surface area (TPSA) is 48.3 Å². The van der Waals surface area contributed by atoms with Crippen molar-refractivity contribution in [2.45, 2.75) is 20.3 Å². The first-order valence-corrected chi connectivity index (χ1v) is 9.82. The molecule has 6 heteroatoms. The van der Waals surface area contributed by atoms with Crippen LogP contribution in [-0.2, 0) is 0 Å². The van der Waals surface area contributed by atoms with Crippen LogP contribution in [0.1, 0.15) is 21.7 Å². The Labute approximate surface area is 159 Å². The van der Waals surface area contributed by atoms with Crippen LogP contribution in [0.3, 0.4) is 0 Å². The minimum absolute atomic E-state index is 0.766. The van der Waals surface area contributed by atoms with Gasteiger partial charge in [-0.25, -0.2) is 0 Å². The van der Waals surface area contributed by atoms with Crippen LogP contribution in [0.2, 0.25) is 0 Å². The lowest BCUT2D eigenvalue weighted by molar-refractivity contribution is 0.262. The minimum atomic E-state index is 0.766. The number of hydrogen-bond acceptors (Lipinski definition) is 6. The lowest BCUT2D eigenvalue weighted by Crippen LogP contribution is -2.47. The maximum atomic E-state index is 9.44. The third-order valence-electron chi connectivity index (χ3n) is 4.94. The third kappa shape index (κ3) is 4.19. The summed E-state index contributed by atoms with van der Waals surface area (Å²) in [5.41, 5.74) is 3.04. The van der Waals surface area contributed by atoms with Gasteiger partial charge >= 0.3 is 0 Å². The van der Waals surface area contributed by atoms with Gasteiger partial charge in [0.15, 0.2) is 0 Å². The molecule has 0 spiro atoms. The second-order valence-electron chi connectivity index (χ2n) is 6.62. The molecule has 26 heavy (non-hydrogen) atoms. The number of aryl methyl sites for hydroxylation is 2. The fraction of sp³-hybridized carbons (Fsp3) is 0.450. The minimum Gasteiger partial charge on any atom is -0.495 e. The number of ether oxygens (including phenoxy) is 1. The highest BCUT2D eigenvalue weighted by molar-refractivity contribution is 7.12. The number of anilines is 1. The van der Waals surface area contributed by atoms with Crippen LogP contribution in [0, 0.1) is 13.8 Å². The number of oxime groups is 1. The lowest BCUT2D eigenvalue weighted by atomic mass is 10.1.